The van der Waals surface area contributed by atoms with E-state index in [0.29, 0.717) is 5.92 Å². The molecule has 4 rings (SSSR count). The first-order chi connectivity index (χ1) is 9.81. The monoisotopic (exact) mass is 263 g/mol. The molecular weight excluding hydrogens is 246 g/mol. The highest BCUT2D eigenvalue weighted by Crippen LogP contribution is 2.35. The molecule has 0 saturated heterocycles. The van der Waals surface area contributed by atoms with E-state index in [1.54, 1.807) is 0 Å². The van der Waals surface area contributed by atoms with Gasteiger partial charge in [0.15, 0.2) is 0 Å². The number of aryl methyl sites for hydroxylation is 1. The first-order valence-corrected chi connectivity index (χ1v) is 7.08. The topological polar surface area (TPSA) is 14.2 Å². The van der Waals surface area contributed by atoms with E-state index in [1.807, 2.05) is 6.07 Å². The average molecular weight is 263 g/mol. The molecule has 1 aliphatic rings. The number of hydrogen-bond acceptors (Lipinski definition) is 1. The molecule has 2 heteroatoms. The van der Waals surface area contributed by atoms with E-state index in [2.05, 4.69) is 60.2 Å². The molecule has 2 aromatic carbocycles. The normalized spacial score (nSPS) is 17.1. The molecule has 1 aliphatic heterocycles. The zero-order chi connectivity index (χ0) is 13.5. The zero-order valence-corrected chi connectivity index (χ0v) is 11.5. The summed E-state index contributed by atoms with van der Waals surface area (Å²) in [5, 5.41) is 1.31. The van der Waals surface area contributed by atoms with Crippen LogP contribution in [0.3, 0.4) is 0 Å². The standard InChI is InChI=1S/C18H17NO/c1-13-6-7-14-8-9-19(17(14)10-13)11-15-12-20-18-5-3-2-4-16(15)18/h2-10,15H,11-12H2,1H3. The van der Waals surface area contributed by atoms with E-state index in [0.717, 1.165) is 18.9 Å². The lowest BCUT2D eigenvalue weighted by atomic mass is 10.0. The van der Waals surface area contributed by atoms with Crippen LogP contribution >= 0.6 is 0 Å². The summed E-state index contributed by atoms with van der Waals surface area (Å²) >= 11 is 0. The van der Waals surface area contributed by atoms with Crippen LogP contribution in [0.15, 0.2) is 54.7 Å². The molecule has 0 saturated carbocycles. The summed E-state index contributed by atoms with van der Waals surface area (Å²) in [5.41, 5.74) is 3.96. The Balaban J connectivity index is 1.70. The Morgan fingerprint density at radius 1 is 1.15 bits per heavy atom. The van der Waals surface area contributed by atoms with E-state index in [-0.39, 0.29) is 0 Å². The second-order valence-corrected chi connectivity index (χ2v) is 5.58. The minimum absolute atomic E-state index is 0.447. The van der Waals surface area contributed by atoms with E-state index in [1.165, 1.54) is 22.0 Å². The lowest BCUT2D eigenvalue weighted by Crippen LogP contribution is -2.09. The number of benzene rings is 2. The molecule has 3 aromatic rings. The molecule has 20 heavy (non-hydrogen) atoms. The maximum absolute atomic E-state index is 5.78. The van der Waals surface area contributed by atoms with Crippen LogP contribution in [-0.4, -0.2) is 11.2 Å². The number of nitrogens with zero attached hydrogens (tertiary/aromatic N) is 1. The first kappa shape index (κ1) is 11.6. The zero-order valence-electron chi connectivity index (χ0n) is 11.5. The maximum Gasteiger partial charge on any atom is 0.122 e. The van der Waals surface area contributed by atoms with Crippen molar-refractivity contribution >= 4 is 10.9 Å². The number of aromatic nitrogens is 1. The molecule has 0 spiro atoms. The molecule has 2 nitrogen and oxygen atoms in total. The van der Waals surface area contributed by atoms with E-state index >= 15 is 0 Å². The Bertz CT molecular complexity index is 772. The molecule has 0 radical (unpaired) electrons. The fraction of sp³-hybridized carbons (Fsp3) is 0.222. The lowest BCUT2D eigenvalue weighted by Gasteiger charge is -2.12. The smallest absolute Gasteiger partial charge is 0.122 e. The van der Waals surface area contributed by atoms with Crippen molar-refractivity contribution in [3.63, 3.8) is 0 Å². The molecule has 1 atom stereocenters. The number of para-hydroxylation sites is 1. The van der Waals surface area contributed by atoms with Crippen molar-refractivity contribution in [1.82, 2.24) is 4.57 Å². The second-order valence-electron chi connectivity index (χ2n) is 5.58. The van der Waals surface area contributed by atoms with Crippen LogP contribution in [0.1, 0.15) is 17.0 Å². The summed E-state index contributed by atoms with van der Waals surface area (Å²) in [7, 11) is 0. The molecule has 0 aliphatic carbocycles. The molecule has 1 aromatic heterocycles. The van der Waals surface area contributed by atoms with Gasteiger partial charge >= 0.3 is 0 Å². The van der Waals surface area contributed by atoms with Crippen molar-refractivity contribution in [2.75, 3.05) is 6.61 Å². The van der Waals surface area contributed by atoms with Crippen molar-refractivity contribution in [3.8, 4) is 5.75 Å². The van der Waals surface area contributed by atoms with Crippen molar-refractivity contribution in [1.29, 1.82) is 0 Å². The van der Waals surface area contributed by atoms with Crippen LogP contribution in [0.25, 0.3) is 10.9 Å². The van der Waals surface area contributed by atoms with Crippen LogP contribution in [0, 0.1) is 6.92 Å². The van der Waals surface area contributed by atoms with E-state index in [4.69, 9.17) is 4.74 Å². The minimum Gasteiger partial charge on any atom is -0.493 e. The molecule has 2 heterocycles. The summed E-state index contributed by atoms with van der Waals surface area (Å²) in [6, 6.07) is 17.2. The Morgan fingerprint density at radius 2 is 2.05 bits per heavy atom. The van der Waals surface area contributed by atoms with E-state index in [9.17, 15) is 0 Å². The van der Waals surface area contributed by atoms with Gasteiger partial charge < -0.3 is 9.30 Å². The van der Waals surface area contributed by atoms with Gasteiger partial charge in [-0.1, -0.05) is 30.3 Å². The van der Waals surface area contributed by atoms with Gasteiger partial charge in [-0.15, -0.1) is 0 Å². The van der Waals surface area contributed by atoms with Gasteiger partial charge in [-0.2, -0.15) is 0 Å². The molecule has 0 amide bonds. The quantitative estimate of drug-likeness (QED) is 0.678. The minimum atomic E-state index is 0.447. The van der Waals surface area contributed by atoms with Crippen molar-refractivity contribution in [2.45, 2.75) is 19.4 Å². The van der Waals surface area contributed by atoms with Crippen LogP contribution in [0.4, 0.5) is 0 Å². The third kappa shape index (κ3) is 1.80. The van der Waals surface area contributed by atoms with Gasteiger partial charge in [-0.3, -0.25) is 0 Å². The predicted molar refractivity (Wildman–Crippen MR) is 81.4 cm³/mol. The van der Waals surface area contributed by atoms with Crippen LogP contribution in [0.2, 0.25) is 0 Å². The highest BCUT2D eigenvalue weighted by atomic mass is 16.5. The molecule has 100 valence electrons. The van der Waals surface area contributed by atoms with Crippen LogP contribution in [0.5, 0.6) is 5.75 Å². The number of hydrogen-bond donors (Lipinski definition) is 0. The fourth-order valence-electron chi connectivity index (χ4n) is 3.07. The predicted octanol–water partition coefficient (Wildman–Crippen LogP) is 4.13. The summed E-state index contributed by atoms with van der Waals surface area (Å²) in [5.74, 6) is 1.49. The Labute approximate surface area is 118 Å². The highest BCUT2D eigenvalue weighted by Gasteiger charge is 2.24. The molecule has 1 unspecified atom stereocenters. The van der Waals surface area contributed by atoms with Crippen LogP contribution in [-0.2, 0) is 6.54 Å². The number of ether oxygens (including phenoxy) is 1. The Hall–Kier alpha value is -2.22. The third-order valence-corrected chi connectivity index (χ3v) is 4.15. The van der Waals surface area contributed by atoms with Crippen molar-refractivity contribution < 1.29 is 4.74 Å². The Morgan fingerprint density at radius 3 is 3.00 bits per heavy atom. The second kappa shape index (κ2) is 4.41. The van der Waals surface area contributed by atoms with Gasteiger partial charge in [0.2, 0.25) is 0 Å². The third-order valence-electron chi connectivity index (χ3n) is 4.15. The van der Waals surface area contributed by atoms with Gasteiger partial charge in [-0.05, 0) is 36.1 Å². The summed E-state index contributed by atoms with van der Waals surface area (Å²) in [4.78, 5) is 0. The molecule has 0 bridgehead atoms. The summed E-state index contributed by atoms with van der Waals surface area (Å²) < 4.78 is 8.13. The maximum atomic E-state index is 5.78. The molecular formula is C18H17NO. The molecule has 0 N–H and O–H groups in total. The van der Waals surface area contributed by atoms with Gasteiger partial charge in [0.05, 0.1) is 6.61 Å². The summed E-state index contributed by atoms with van der Waals surface area (Å²) in [6.07, 6.45) is 2.19. The highest BCUT2D eigenvalue weighted by molar-refractivity contribution is 5.80. The van der Waals surface area contributed by atoms with Gasteiger partial charge in [-0.25, -0.2) is 0 Å². The summed E-state index contributed by atoms with van der Waals surface area (Å²) in [6.45, 7) is 3.90. The van der Waals surface area contributed by atoms with Gasteiger partial charge in [0, 0.05) is 29.7 Å². The first-order valence-electron chi connectivity index (χ1n) is 7.08. The fourth-order valence-corrected chi connectivity index (χ4v) is 3.07. The molecule has 0 fully saturated rings. The number of fused-ring (bicyclic) bond motifs is 2. The Kier molecular flexibility index (Phi) is 2.56. The largest absolute Gasteiger partial charge is 0.493 e. The lowest BCUT2D eigenvalue weighted by molar-refractivity contribution is 0.320. The van der Waals surface area contributed by atoms with E-state index < -0.39 is 0 Å². The van der Waals surface area contributed by atoms with Crippen molar-refractivity contribution in [3.05, 3.63) is 65.9 Å². The number of rotatable bonds is 2. The van der Waals surface area contributed by atoms with Crippen LogP contribution < -0.4 is 4.74 Å². The SMILES string of the molecule is Cc1ccc2ccn(CC3COc4ccccc43)c2c1. The van der Waals surface area contributed by atoms with Gasteiger partial charge in [0.25, 0.3) is 0 Å². The van der Waals surface area contributed by atoms with Gasteiger partial charge in [0.1, 0.15) is 5.75 Å². The average Bonchev–Trinajstić information content (AvgIpc) is 3.05. The van der Waals surface area contributed by atoms with Crippen molar-refractivity contribution in [2.24, 2.45) is 0 Å².